The number of rotatable bonds is 6. The van der Waals surface area contributed by atoms with E-state index in [2.05, 4.69) is 50.4 Å². The van der Waals surface area contributed by atoms with Crippen LogP contribution in [0.5, 0.6) is 0 Å². The Labute approximate surface area is 171 Å². The molecule has 0 aliphatic heterocycles. The fourth-order valence-electron chi connectivity index (χ4n) is 3.75. The molecule has 0 saturated heterocycles. The van der Waals surface area contributed by atoms with E-state index < -0.39 is 5.82 Å². The van der Waals surface area contributed by atoms with Crippen LogP contribution >= 0.6 is 11.6 Å². The minimum absolute atomic E-state index is 0.115. The van der Waals surface area contributed by atoms with E-state index in [1.165, 1.54) is 16.6 Å². The van der Waals surface area contributed by atoms with Gasteiger partial charge in [-0.15, -0.1) is 0 Å². The van der Waals surface area contributed by atoms with Gasteiger partial charge >= 0.3 is 0 Å². The highest BCUT2D eigenvalue weighted by molar-refractivity contribution is 6.30. The Kier molecular flexibility index (Phi) is 5.97. The molecule has 0 aliphatic rings. The van der Waals surface area contributed by atoms with Gasteiger partial charge in [0.1, 0.15) is 5.82 Å². The van der Waals surface area contributed by atoms with Crippen LogP contribution in [-0.2, 0) is 11.8 Å². The van der Waals surface area contributed by atoms with Crippen molar-refractivity contribution in [3.63, 3.8) is 0 Å². The molecule has 0 radical (unpaired) electrons. The van der Waals surface area contributed by atoms with Crippen LogP contribution in [0.4, 0.5) is 4.39 Å². The van der Waals surface area contributed by atoms with Crippen LogP contribution in [0, 0.1) is 12.7 Å². The van der Waals surface area contributed by atoms with Crippen molar-refractivity contribution >= 4 is 29.3 Å². The van der Waals surface area contributed by atoms with Gasteiger partial charge in [0, 0.05) is 29.4 Å². The van der Waals surface area contributed by atoms with E-state index in [9.17, 15) is 4.39 Å². The SMILES string of the molecule is CCC(C)(C)c1ccn2c(CCN)c(/C=C/c3cccc(Cl)c3F)cc2c1C. The number of aromatic nitrogens is 1. The van der Waals surface area contributed by atoms with E-state index in [4.69, 9.17) is 17.3 Å². The molecule has 1 aromatic carbocycles. The zero-order valence-corrected chi connectivity index (χ0v) is 17.8. The topological polar surface area (TPSA) is 30.4 Å². The zero-order valence-electron chi connectivity index (χ0n) is 17.0. The third kappa shape index (κ3) is 3.74. The van der Waals surface area contributed by atoms with Crippen molar-refractivity contribution in [2.24, 2.45) is 5.73 Å². The number of aryl methyl sites for hydroxylation is 1. The van der Waals surface area contributed by atoms with Crippen molar-refractivity contribution in [3.05, 3.63) is 75.3 Å². The van der Waals surface area contributed by atoms with Crippen LogP contribution in [0.2, 0.25) is 5.02 Å². The molecule has 3 aromatic rings. The number of nitrogens with two attached hydrogens (primary N) is 1. The van der Waals surface area contributed by atoms with Gasteiger partial charge in [-0.05, 0) is 60.2 Å². The fourth-order valence-corrected chi connectivity index (χ4v) is 3.94. The molecule has 2 aromatic heterocycles. The Morgan fingerprint density at radius 1 is 1.18 bits per heavy atom. The van der Waals surface area contributed by atoms with Crippen molar-refractivity contribution < 1.29 is 4.39 Å². The molecule has 148 valence electrons. The number of benzene rings is 1. The summed E-state index contributed by atoms with van der Waals surface area (Å²) < 4.78 is 16.5. The number of halogens is 2. The smallest absolute Gasteiger partial charge is 0.148 e. The second-order valence-electron chi connectivity index (χ2n) is 7.91. The second-order valence-corrected chi connectivity index (χ2v) is 8.32. The molecule has 0 bridgehead atoms. The van der Waals surface area contributed by atoms with Crippen LogP contribution in [0.15, 0.2) is 36.5 Å². The molecule has 28 heavy (non-hydrogen) atoms. The predicted octanol–water partition coefficient (Wildman–Crippen LogP) is 6.40. The molecule has 0 spiro atoms. The Morgan fingerprint density at radius 3 is 2.57 bits per heavy atom. The number of hydrogen-bond donors (Lipinski definition) is 1. The van der Waals surface area contributed by atoms with Crippen molar-refractivity contribution in [1.82, 2.24) is 4.40 Å². The summed E-state index contributed by atoms with van der Waals surface area (Å²) in [6.07, 6.45) is 7.69. The lowest BCUT2D eigenvalue weighted by molar-refractivity contribution is 0.503. The molecule has 2 nitrogen and oxygen atoms in total. The van der Waals surface area contributed by atoms with Gasteiger partial charge in [-0.25, -0.2) is 4.39 Å². The van der Waals surface area contributed by atoms with Gasteiger partial charge in [-0.3, -0.25) is 0 Å². The van der Waals surface area contributed by atoms with E-state index >= 15 is 0 Å². The van der Waals surface area contributed by atoms with Gasteiger partial charge in [0.05, 0.1) is 5.02 Å². The van der Waals surface area contributed by atoms with E-state index in [1.54, 1.807) is 24.3 Å². The highest BCUT2D eigenvalue weighted by Crippen LogP contribution is 2.33. The molecule has 0 amide bonds. The number of hydrogen-bond acceptors (Lipinski definition) is 1. The molecule has 0 unspecified atom stereocenters. The first-order valence-corrected chi connectivity index (χ1v) is 10.1. The Bertz CT molecular complexity index is 1030. The second kappa shape index (κ2) is 8.10. The normalized spacial score (nSPS) is 12.4. The molecule has 3 rings (SSSR count). The summed E-state index contributed by atoms with van der Waals surface area (Å²) in [5.74, 6) is -0.396. The van der Waals surface area contributed by atoms with E-state index in [0.717, 1.165) is 24.1 Å². The monoisotopic (exact) mass is 398 g/mol. The van der Waals surface area contributed by atoms with E-state index in [-0.39, 0.29) is 10.4 Å². The van der Waals surface area contributed by atoms with Gasteiger partial charge in [-0.1, -0.05) is 56.7 Å². The van der Waals surface area contributed by atoms with E-state index in [0.29, 0.717) is 12.1 Å². The maximum atomic E-state index is 14.2. The largest absolute Gasteiger partial charge is 0.330 e. The molecular weight excluding hydrogens is 371 g/mol. The molecular formula is C24H28ClFN2. The van der Waals surface area contributed by atoms with Gasteiger partial charge in [0.15, 0.2) is 0 Å². The van der Waals surface area contributed by atoms with Crippen molar-refractivity contribution in [2.45, 2.75) is 46.0 Å². The fraction of sp³-hybridized carbons (Fsp3) is 0.333. The summed E-state index contributed by atoms with van der Waals surface area (Å²) in [4.78, 5) is 0. The summed E-state index contributed by atoms with van der Waals surface area (Å²) in [6, 6.07) is 9.43. The lowest BCUT2D eigenvalue weighted by Crippen LogP contribution is -2.17. The van der Waals surface area contributed by atoms with Crippen molar-refractivity contribution in [3.8, 4) is 0 Å². The van der Waals surface area contributed by atoms with Gasteiger partial charge in [0.25, 0.3) is 0 Å². The van der Waals surface area contributed by atoms with Crippen LogP contribution in [0.25, 0.3) is 17.7 Å². The summed E-state index contributed by atoms with van der Waals surface area (Å²) in [7, 11) is 0. The van der Waals surface area contributed by atoms with Crippen LogP contribution < -0.4 is 5.73 Å². The lowest BCUT2D eigenvalue weighted by Gasteiger charge is -2.26. The standard InChI is InChI=1S/C24H28ClFN2/c1-5-24(3,4)19-12-14-28-21(11-13-27)18(15-22(28)16(19)2)10-9-17-7-6-8-20(25)23(17)26/h6-10,12,14-15H,5,11,13,27H2,1-4H3/b10-9+. The quantitative estimate of drug-likeness (QED) is 0.511. The Balaban J connectivity index is 2.14. The Hall–Kier alpha value is -2.10. The van der Waals surface area contributed by atoms with Crippen LogP contribution in [0.1, 0.15) is 55.1 Å². The molecule has 0 atom stereocenters. The predicted molar refractivity (Wildman–Crippen MR) is 119 cm³/mol. The highest BCUT2D eigenvalue weighted by Gasteiger charge is 2.22. The minimum Gasteiger partial charge on any atom is -0.330 e. The number of nitrogens with zero attached hydrogens (tertiary/aromatic N) is 1. The molecule has 4 heteroatoms. The summed E-state index contributed by atoms with van der Waals surface area (Å²) in [5, 5.41) is 0.133. The molecule has 2 heterocycles. The van der Waals surface area contributed by atoms with Gasteiger partial charge in [-0.2, -0.15) is 0 Å². The molecule has 0 aliphatic carbocycles. The highest BCUT2D eigenvalue weighted by atomic mass is 35.5. The van der Waals surface area contributed by atoms with Gasteiger partial charge < -0.3 is 10.1 Å². The average Bonchev–Trinajstić information content (AvgIpc) is 3.02. The molecule has 0 saturated carbocycles. The first kappa shape index (κ1) is 20.6. The van der Waals surface area contributed by atoms with Crippen LogP contribution in [-0.4, -0.2) is 10.9 Å². The zero-order chi connectivity index (χ0) is 20.5. The maximum Gasteiger partial charge on any atom is 0.148 e. The first-order valence-electron chi connectivity index (χ1n) is 9.76. The Morgan fingerprint density at radius 2 is 1.89 bits per heavy atom. The van der Waals surface area contributed by atoms with Gasteiger partial charge in [0.2, 0.25) is 0 Å². The third-order valence-electron chi connectivity index (χ3n) is 5.77. The summed E-state index contributed by atoms with van der Waals surface area (Å²) in [6.45, 7) is 9.50. The van der Waals surface area contributed by atoms with E-state index in [1.807, 2.05) is 6.08 Å². The maximum absolute atomic E-state index is 14.2. The number of fused-ring (bicyclic) bond motifs is 1. The van der Waals surface area contributed by atoms with Crippen molar-refractivity contribution in [1.29, 1.82) is 0 Å². The summed E-state index contributed by atoms with van der Waals surface area (Å²) in [5.41, 5.74) is 12.5. The first-order chi connectivity index (χ1) is 13.3. The minimum atomic E-state index is -0.396. The lowest BCUT2D eigenvalue weighted by atomic mass is 9.80. The third-order valence-corrected chi connectivity index (χ3v) is 6.06. The number of pyridine rings is 1. The van der Waals surface area contributed by atoms with Crippen molar-refractivity contribution in [2.75, 3.05) is 6.54 Å². The van der Waals surface area contributed by atoms with Crippen LogP contribution in [0.3, 0.4) is 0 Å². The molecule has 0 fully saturated rings. The average molecular weight is 399 g/mol. The summed E-state index contributed by atoms with van der Waals surface area (Å²) >= 11 is 5.91. The molecule has 2 N–H and O–H groups in total.